The molecule has 0 saturated heterocycles. The van der Waals surface area contributed by atoms with Crippen LogP contribution in [0.25, 0.3) is 0 Å². The van der Waals surface area contributed by atoms with E-state index >= 15 is 0 Å². The smallest absolute Gasteiger partial charge is 0.134 e. The summed E-state index contributed by atoms with van der Waals surface area (Å²) in [5.74, 6) is 0. The lowest BCUT2D eigenvalue weighted by molar-refractivity contribution is 0.0160. The lowest BCUT2D eigenvalue weighted by Gasteiger charge is -2.20. The van der Waals surface area contributed by atoms with Crippen LogP contribution in [-0.4, -0.2) is 13.1 Å². The zero-order chi connectivity index (χ0) is 17.2. The Bertz CT molecular complexity index is 608. The summed E-state index contributed by atoms with van der Waals surface area (Å²) in [6.07, 6.45) is 3.11. The molecular weight excluding hydrogens is 343 g/mol. The molecule has 2 rings (SSSR count). The van der Waals surface area contributed by atoms with Crippen LogP contribution in [0.4, 0.5) is 0 Å². The highest BCUT2D eigenvalue weighted by molar-refractivity contribution is 6.42. The zero-order valence-electron chi connectivity index (χ0n) is 13.7. The van der Waals surface area contributed by atoms with Gasteiger partial charge in [-0.2, -0.15) is 0 Å². The van der Waals surface area contributed by atoms with Crippen molar-refractivity contribution in [1.29, 1.82) is 0 Å². The van der Waals surface area contributed by atoms with Crippen LogP contribution in [0.5, 0.6) is 0 Å². The first-order chi connectivity index (χ1) is 11.7. The predicted octanol–water partition coefficient (Wildman–Crippen LogP) is 4.93. The molecule has 0 amide bonds. The summed E-state index contributed by atoms with van der Waals surface area (Å²) in [7, 11) is 0. The summed E-state index contributed by atoms with van der Waals surface area (Å²) in [5.41, 5.74) is 7.63. The Labute approximate surface area is 154 Å². The van der Waals surface area contributed by atoms with Gasteiger partial charge in [-0.1, -0.05) is 66.0 Å². The SMILES string of the molecule is NCCCCCNC(OCc1ccc(Cl)c(Cl)c1)c1ccccc1. The normalized spacial score (nSPS) is 12.3. The van der Waals surface area contributed by atoms with E-state index in [0.29, 0.717) is 16.7 Å². The van der Waals surface area contributed by atoms with Gasteiger partial charge in [0.1, 0.15) is 6.23 Å². The summed E-state index contributed by atoms with van der Waals surface area (Å²) in [4.78, 5) is 0. The minimum Gasteiger partial charge on any atom is -0.354 e. The van der Waals surface area contributed by atoms with E-state index in [9.17, 15) is 0 Å². The molecule has 0 heterocycles. The van der Waals surface area contributed by atoms with Gasteiger partial charge in [0.2, 0.25) is 0 Å². The number of hydrogen-bond acceptors (Lipinski definition) is 3. The van der Waals surface area contributed by atoms with Gasteiger partial charge >= 0.3 is 0 Å². The first kappa shape index (κ1) is 19.2. The second-order valence-corrected chi connectivity index (χ2v) is 6.47. The number of hydrogen-bond donors (Lipinski definition) is 2. The Balaban J connectivity index is 1.93. The molecule has 0 saturated carbocycles. The van der Waals surface area contributed by atoms with E-state index in [1.807, 2.05) is 30.3 Å². The van der Waals surface area contributed by atoms with E-state index in [2.05, 4.69) is 17.4 Å². The lowest BCUT2D eigenvalue weighted by Crippen LogP contribution is -2.25. The minimum absolute atomic E-state index is 0.154. The molecular formula is C19H24Cl2N2O. The molecule has 0 bridgehead atoms. The molecule has 5 heteroatoms. The van der Waals surface area contributed by atoms with Crippen LogP contribution >= 0.6 is 23.2 Å². The second-order valence-electron chi connectivity index (χ2n) is 5.65. The molecule has 1 atom stereocenters. The fourth-order valence-corrected chi connectivity index (χ4v) is 2.71. The standard InChI is InChI=1S/C19H24Cl2N2O/c20-17-10-9-15(13-18(17)21)14-24-19(16-7-3-1-4-8-16)23-12-6-2-5-11-22/h1,3-4,7-10,13,19,23H,2,5-6,11-12,14,22H2. The number of rotatable bonds is 10. The molecule has 0 aliphatic carbocycles. The number of benzene rings is 2. The molecule has 130 valence electrons. The monoisotopic (exact) mass is 366 g/mol. The first-order valence-electron chi connectivity index (χ1n) is 8.24. The predicted molar refractivity (Wildman–Crippen MR) is 101 cm³/mol. The minimum atomic E-state index is -0.154. The van der Waals surface area contributed by atoms with Gasteiger partial charge in [-0.15, -0.1) is 0 Å². The van der Waals surface area contributed by atoms with Gasteiger partial charge in [0.25, 0.3) is 0 Å². The van der Waals surface area contributed by atoms with Crippen LogP contribution in [-0.2, 0) is 11.3 Å². The van der Waals surface area contributed by atoms with E-state index in [1.54, 1.807) is 6.07 Å². The van der Waals surface area contributed by atoms with Gasteiger partial charge in [0.05, 0.1) is 16.7 Å². The molecule has 2 aromatic rings. The zero-order valence-corrected chi connectivity index (χ0v) is 15.2. The number of ether oxygens (including phenoxy) is 1. The van der Waals surface area contributed by atoms with Crippen LogP contribution in [0.3, 0.4) is 0 Å². The third kappa shape index (κ3) is 6.42. The lowest BCUT2D eigenvalue weighted by atomic mass is 10.2. The van der Waals surface area contributed by atoms with Crippen molar-refractivity contribution in [3.05, 3.63) is 69.7 Å². The van der Waals surface area contributed by atoms with Crippen molar-refractivity contribution in [3.8, 4) is 0 Å². The summed E-state index contributed by atoms with van der Waals surface area (Å²) < 4.78 is 6.08. The highest BCUT2D eigenvalue weighted by atomic mass is 35.5. The number of nitrogens with two attached hydrogens (primary N) is 1. The Morgan fingerprint density at radius 1 is 0.958 bits per heavy atom. The molecule has 0 aliphatic heterocycles. The van der Waals surface area contributed by atoms with E-state index in [0.717, 1.165) is 43.5 Å². The van der Waals surface area contributed by atoms with Crippen LogP contribution in [0, 0.1) is 0 Å². The molecule has 1 unspecified atom stereocenters. The maximum Gasteiger partial charge on any atom is 0.134 e. The largest absolute Gasteiger partial charge is 0.354 e. The van der Waals surface area contributed by atoms with E-state index < -0.39 is 0 Å². The average Bonchev–Trinajstić information content (AvgIpc) is 2.61. The van der Waals surface area contributed by atoms with Crippen LogP contribution in [0.1, 0.15) is 36.6 Å². The van der Waals surface area contributed by atoms with E-state index in [-0.39, 0.29) is 6.23 Å². The molecule has 0 aromatic heterocycles. The Morgan fingerprint density at radius 2 is 1.75 bits per heavy atom. The van der Waals surface area contributed by atoms with Crippen LogP contribution in [0.15, 0.2) is 48.5 Å². The maximum absolute atomic E-state index is 6.08. The maximum atomic E-state index is 6.08. The van der Waals surface area contributed by atoms with E-state index in [4.69, 9.17) is 33.7 Å². The fraction of sp³-hybridized carbons (Fsp3) is 0.368. The summed E-state index contributed by atoms with van der Waals surface area (Å²) >= 11 is 12.0. The third-order valence-corrected chi connectivity index (χ3v) is 4.45. The highest BCUT2D eigenvalue weighted by Crippen LogP contribution is 2.24. The first-order valence-corrected chi connectivity index (χ1v) is 9.00. The molecule has 3 N–H and O–H groups in total. The molecule has 0 fully saturated rings. The highest BCUT2D eigenvalue weighted by Gasteiger charge is 2.11. The number of nitrogens with one attached hydrogen (secondary N) is 1. The molecule has 24 heavy (non-hydrogen) atoms. The summed E-state index contributed by atoms with van der Waals surface area (Å²) in [6.45, 7) is 2.10. The van der Waals surface area contributed by atoms with Gasteiger partial charge in [-0.25, -0.2) is 0 Å². The number of unbranched alkanes of at least 4 members (excludes halogenated alkanes) is 2. The fourth-order valence-electron chi connectivity index (χ4n) is 2.39. The van der Waals surface area contributed by atoms with Crippen molar-refractivity contribution in [1.82, 2.24) is 5.32 Å². The summed E-state index contributed by atoms with van der Waals surface area (Å²) in [6, 6.07) is 15.7. The molecule has 2 aromatic carbocycles. The van der Waals surface area contributed by atoms with Crippen molar-refractivity contribution in [3.63, 3.8) is 0 Å². The molecule has 0 radical (unpaired) electrons. The van der Waals surface area contributed by atoms with Crippen molar-refractivity contribution >= 4 is 23.2 Å². The van der Waals surface area contributed by atoms with Gasteiger partial charge in [0.15, 0.2) is 0 Å². The topological polar surface area (TPSA) is 47.3 Å². The molecule has 3 nitrogen and oxygen atoms in total. The van der Waals surface area contributed by atoms with Gasteiger partial charge in [-0.3, -0.25) is 5.32 Å². The Kier molecular flexibility index (Phi) is 8.57. The van der Waals surface area contributed by atoms with E-state index in [1.165, 1.54) is 0 Å². The Hall–Kier alpha value is -1.10. The van der Waals surface area contributed by atoms with Crippen LogP contribution < -0.4 is 11.1 Å². The van der Waals surface area contributed by atoms with Gasteiger partial charge in [0, 0.05) is 0 Å². The van der Waals surface area contributed by atoms with Gasteiger partial charge < -0.3 is 10.5 Å². The van der Waals surface area contributed by atoms with Crippen LogP contribution in [0.2, 0.25) is 10.0 Å². The van der Waals surface area contributed by atoms with Crippen molar-refractivity contribution in [2.24, 2.45) is 5.73 Å². The molecule has 0 aliphatic rings. The average molecular weight is 367 g/mol. The summed E-state index contributed by atoms with van der Waals surface area (Å²) in [5, 5.41) is 4.57. The third-order valence-electron chi connectivity index (χ3n) is 3.71. The second kappa shape index (κ2) is 10.7. The quantitative estimate of drug-likeness (QED) is 0.463. The van der Waals surface area contributed by atoms with Crippen molar-refractivity contribution in [2.45, 2.75) is 32.1 Å². The molecule has 0 spiro atoms. The Morgan fingerprint density at radius 3 is 2.46 bits per heavy atom. The van der Waals surface area contributed by atoms with Crippen molar-refractivity contribution in [2.75, 3.05) is 13.1 Å². The van der Waals surface area contributed by atoms with Crippen molar-refractivity contribution < 1.29 is 4.74 Å². The van der Waals surface area contributed by atoms with Gasteiger partial charge in [-0.05, 0) is 49.2 Å². The number of halogens is 2.